The highest BCUT2D eigenvalue weighted by Crippen LogP contribution is 2.15. The SMILES string of the molecule is CNC1COCC1C(=O)NCC1CCCCO1. The quantitative estimate of drug-likeness (QED) is 0.723. The highest BCUT2D eigenvalue weighted by Gasteiger charge is 2.33. The molecule has 2 aliphatic rings. The number of carbonyl (C=O) groups is 1. The summed E-state index contributed by atoms with van der Waals surface area (Å²) in [5.74, 6) is 0.0135. The Morgan fingerprint density at radius 1 is 1.35 bits per heavy atom. The van der Waals surface area contributed by atoms with Gasteiger partial charge in [-0.05, 0) is 26.3 Å². The summed E-state index contributed by atoms with van der Waals surface area (Å²) < 4.78 is 10.9. The summed E-state index contributed by atoms with van der Waals surface area (Å²) in [5, 5.41) is 6.09. The molecule has 17 heavy (non-hydrogen) atoms. The van der Waals surface area contributed by atoms with Crippen molar-refractivity contribution in [1.82, 2.24) is 10.6 Å². The summed E-state index contributed by atoms with van der Waals surface area (Å²) in [6, 6.07) is 0.141. The van der Waals surface area contributed by atoms with E-state index < -0.39 is 0 Å². The van der Waals surface area contributed by atoms with Gasteiger partial charge in [-0.1, -0.05) is 0 Å². The molecule has 3 unspecified atom stereocenters. The van der Waals surface area contributed by atoms with Crippen LogP contribution in [0.15, 0.2) is 0 Å². The highest BCUT2D eigenvalue weighted by atomic mass is 16.5. The van der Waals surface area contributed by atoms with Gasteiger partial charge < -0.3 is 20.1 Å². The second-order valence-electron chi connectivity index (χ2n) is 4.77. The fourth-order valence-corrected chi connectivity index (χ4v) is 2.41. The van der Waals surface area contributed by atoms with Gasteiger partial charge in [0.1, 0.15) is 0 Å². The monoisotopic (exact) mass is 242 g/mol. The number of hydrogen-bond acceptors (Lipinski definition) is 4. The Kier molecular flexibility index (Phi) is 4.76. The first-order valence-corrected chi connectivity index (χ1v) is 6.45. The molecule has 0 bridgehead atoms. The van der Waals surface area contributed by atoms with Gasteiger partial charge in [0.2, 0.25) is 5.91 Å². The lowest BCUT2D eigenvalue weighted by molar-refractivity contribution is -0.126. The van der Waals surface area contributed by atoms with E-state index in [1.807, 2.05) is 7.05 Å². The molecule has 0 aromatic heterocycles. The molecule has 0 aliphatic carbocycles. The summed E-state index contributed by atoms with van der Waals surface area (Å²) in [6.45, 7) is 2.59. The summed E-state index contributed by atoms with van der Waals surface area (Å²) in [6.07, 6.45) is 3.59. The molecule has 0 spiro atoms. The van der Waals surface area contributed by atoms with Crippen LogP contribution in [0.1, 0.15) is 19.3 Å². The molecular formula is C12H22N2O3. The lowest BCUT2D eigenvalue weighted by Crippen LogP contribution is -2.45. The Labute approximate surface area is 102 Å². The van der Waals surface area contributed by atoms with Crippen LogP contribution in [0.2, 0.25) is 0 Å². The maximum absolute atomic E-state index is 12.0. The Morgan fingerprint density at radius 2 is 2.24 bits per heavy atom. The number of ether oxygens (including phenoxy) is 2. The third kappa shape index (κ3) is 3.40. The van der Waals surface area contributed by atoms with Crippen molar-refractivity contribution >= 4 is 5.91 Å². The maximum atomic E-state index is 12.0. The lowest BCUT2D eigenvalue weighted by Gasteiger charge is -2.24. The van der Waals surface area contributed by atoms with Crippen LogP contribution in [0.25, 0.3) is 0 Å². The van der Waals surface area contributed by atoms with Crippen LogP contribution in [0, 0.1) is 5.92 Å². The average molecular weight is 242 g/mol. The predicted molar refractivity (Wildman–Crippen MR) is 63.8 cm³/mol. The van der Waals surface area contributed by atoms with Crippen LogP contribution in [-0.2, 0) is 14.3 Å². The average Bonchev–Trinajstić information content (AvgIpc) is 2.85. The van der Waals surface area contributed by atoms with E-state index in [1.54, 1.807) is 0 Å². The fourth-order valence-electron chi connectivity index (χ4n) is 2.41. The van der Waals surface area contributed by atoms with Gasteiger partial charge >= 0.3 is 0 Å². The van der Waals surface area contributed by atoms with Crippen molar-refractivity contribution in [3.63, 3.8) is 0 Å². The molecule has 5 heteroatoms. The Bertz CT molecular complexity index is 254. The molecule has 98 valence electrons. The molecule has 0 saturated carbocycles. The number of nitrogens with one attached hydrogen (secondary N) is 2. The minimum atomic E-state index is -0.0661. The van der Waals surface area contributed by atoms with Crippen LogP contribution in [0.5, 0.6) is 0 Å². The molecule has 2 fully saturated rings. The van der Waals surface area contributed by atoms with Gasteiger partial charge in [0, 0.05) is 19.2 Å². The molecule has 2 heterocycles. The molecule has 2 rings (SSSR count). The number of amides is 1. The zero-order chi connectivity index (χ0) is 12.1. The maximum Gasteiger partial charge on any atom is 0.227 e. The summed E-state index contributed by atoms with van der Waals surface area (Å²) in [7, 11) is 1.86. The van der Waals surface area contributed by atoms with Gasteiger partial charge in [-0.3, -0.25) is 4.79 Å². The number of carbonyl (C=O) groups excluding carboxylic acids is 1. The second kappa shape index (κ2) is 6.33. The fraction of sp³-hybridized carbons (Fsp3) is 0.917. The first kappa shape index (κ1) is 12.8. The normalized spacial score (nSPS) is 33.6. The Morgan fingerprint density at radius 3 is 2.94 bits per heavy atom. The van der Waals surface area contributed by atoms with Crippen LogP contribution < -0.4 is 10.6 Å². The Hall–Kier alpha value is -0.650. The summed E-state index contributed by atoms with van der Waals surface area (Å²) >= 11 is 0. The second-order valence-corrected chi connectivity index (χ2v) is 4.77. The lowest BCUT2D eigenvalue weighted by atomic mass is 10.0. The van der Waals surface area contributed by atoms with E-state index in [-0.39, 0.29) is 24.0 Å². The van der Waals surface area contributed by atoms with Gasteiger partial charge in [0.05, 0.1) is 25.2 Å². The molecule has 0 aromatic rings. The van der Waals surface area contributed by atoms with Crippen LogP contribution >= 0.6 is 0 Å². The van der Waals surface area contributed by atoms with Gasteiger partial charge in [-0.25, -0.2) is 0 Å². The zero-order valence-electron chi connectivity index (χ0n) is 10.4. The predicted octanol–water partition coefficient (Wildman–Crippen LogP) is -0.0939. The van der Waals surface area contributed by atoms with Gasteiger partial charge in [0.15, 0.2) is 0 Å². The van der Waals surface area contributed by atoms with Gasteiger partial charge in [-0.2, -0.15) is 0 Å². The van der Waals surface area contributed by atoms with Crippen molar-refractivity contribution in [2.75, 3.05) is 33.4 Å². The van der Waals surface area contributed by atoms with Crippen LogP contribution in [0.3, 0.4) is 0 Å². The van der Waals surface area contributed by atoms with E-state index in [1.165, 1.54) is 6.42 Å². The summed E-state index contributed by atoms with van der Waals surface area (Å²) in [5.41, 5.74) is 0. The molecule has 5 nitrogen and oxygen atoms in total. The van der Waals surface area contributed by atoms with Gasteiger partial charge in [-0.15, -0.1) is 0 Å². The van der Waals surface area contributed by atoms with Crippen molar-refractivity contribution in [3.05, 3.63) is 0 Å². The van der Waals surface area contributed by atoms with E-state index in [9.17, 15) is 4.79 Å². The minimum Gasteiger partial charge on any atom is -0.379 e. The van der Waals surface area contributed by atoms with Crippen molar-refractivity contribution < 1.29 is 14.3 Å². The molecule has 3 atom stereocenters. The third-order valence-corrected chi connectivity index (χ3v) is 3.57. The first-order chi connectivity index (χ1) is 8.31. The van der Waals surface area contributed by atoms with E-state index >= 15 is 0 Å². The molecule has 2 aliphatic heterocycles. The molecule has 0 radical (unpaired) electrons. The highest BCUT2D eigenvalue weighted by molar-refractivity contribution is 5.79. The summed E-state index contributed by atoms with van der Waals surface area (Å²) in [4.78, 5) is 12.0. The standard InChI is InChI=1S/C12H22N2O3/c1-13-11-8-16-7-10(11)12(15)14-6-9-4-2-3-5-17-9/h9-11,13H,2-8H2,1H3,(H,14,15). The Balaban J connectivity index is 1.72. The van der Waals surface area contributed by atoms with E-state index in [0.29, 0.717) is 19.8 Å². The molecule has 1 amide bonds. The zero-order valence-corrected chi connectivity index (χ0v) is 10.4. The molecule has 2 saturated heterocycles. The van der Waals surface area contributed by atoms with Crippen LogP contribution in [0.4, 0.5) is 0 Å². The molecule has 0 aromatic carbocycles. The smallest absolute Gasteiger partial charge is 0.227 e. The van der Waals surface area contributed by atoms with Crippen molar-refractivity contribution in [1.29, 1.82) is 0 Å². The van der Waals surface area contributed by atoms with E-state index in [4.69, 9.17) is 9.47 Å². The topological polar surface area (TPSA) is 59.6 Å². The van der Waals surface area contributed by atoms with Crippen molar-refractivity contribution in [2.45, 2.75) is 31.4 Å². The van der Waals surface area contributed by atoms with Crippen LogP contribution in [-0.4, -0.2) is 51.5 Å². The van der Waals surface area contributed by atoms with Gasteiger partial charge in [0.25, 0.3) is 0 Å². The number of hydrogen-bond donors (Lipinski definition) is 2. The minimum absolute atomic E-state index is 0.0661. The number of rotatable bonds is 4. The first-order valence-electron chi connectivity index (χ1n) is 6.45. The molecule has 2 N–H and O–H groups in total. The third-order valence-electron chi connectivity index (χ3n) is 3.57. The van der Waals surface area contributed by atoms with Crippen molar-refractivity contribution in [3.8, 4) is 0 Å². The number of likely N-dealkylation sites (N-methyl/N-ethyl adjacent to an activating group) is 1. The van der Waals surface area contributed by atoms with E-state index in [2.05, 4.69) is 10.6 Å². The molecular weight excluding hydrogens is 220 g/mol. The largest absolute Gasteiger partial charge is 0.379 e. The van der Waals surface area contributed by atoms with Crippen molar-refractivity contribution in [2.24, 2.45) is 5.92 Å². The van der Waals surface area contributed by atoms with E-state index in [0.717, 1.165) is 19.4 Å².